The lowest BCUT2D eigenvalue weighted by atomic mass is 10.0. The summed E-state index contributed by atoms with van der Waals surface area (Å²) in [5.41, 5.74) is 3.19. The summed E-state index contributed by atoms with van der Waals surface area (Å²) in [7, 11) is -3.26. The van der Waals surface area contributed by atoms with Crippen LogP contribution in [0.2, 0.25) is 5.02 Å². The number of aromatic nitrogens is 1. The monoisotopic (exact) mass is 467 g/mol. The van der Waals surface area contributed by atoms with Crippen molar-refractivity contribution < 1.29 is 8.42 Å². The van der Waals surface area contributed by atoms with E-state index in [4.69, 9.17) is 11.6 Å². The number of rotatable bonds is 4. The Hall–Kier alpha value is -2.85. The summed E-state index contributed by atoms with van der Waals surface area (Å²) in [6.07, 6.45) is 3.87. The van der Waals surface area contributed by atoms with Crippen LogP contribution in [0, 0.1) is 11.8 Å². The van der Waals surface area contributed by atoms with Crippen LogP contribution in [-0.2, 0) is 22.7 Å². The van der Waals surface area contributed by atoms with Gasteiger partial charge in [-0.1, -0.05) is 47.7 Å². The van der Waals surface area contributed by atoms with E-state index < -0.39 is 9.84 Å². The molecule has 0 aliphatic heterocycles. The molecule has 0 saturated heterocycles. The molecule has 0 atom stereocenters. The summed E-state index contributed by atoms with van der Waals surface area (Å²) in [5.74, 6) is 6.38. The van der Waals surface area contributed by atoms with E-state index in [1.165, 1.54) is 17.6 Å². The average molecular weight is 468 g/mol. The van der Waals surface area contributed by atoms with Crippen molar-refractivity contribution in [2.45, 2.75) is 17.7 Å². The molecule has 0 aliphatic carbocycles. The van der Waals surface area contributed by atoms with E-state index in [1.54, 1.807) is 34.9 Å². The zero-order chi connectivity index (χ0) is 22.0. The molecule has 4 nitrogen and oxygen atoms in total. The summed E-state index contributed by atoms with van der Waals surface area (Å²) in [6.45, 7) is 0. The second-order valence-corrected chi connectivity index (χ2v) is 10.5. The van der Waals surface area contributed by atoms with Crippen molar-refractivity contribution >= 4 is 37.6 Å². The van der Waals surface area contributed by atoms with Crippen LogP contribution in [-0.4, -0.2) is 19.1 Å². The van der Waals surface area contributed by atoms with Gasteiger partial charge in [0.05, 0.1) is 10.5 Å². The highest BCUT2D eigenvalue weighted by Crippen LogP contribution is 2.19. The van der Waals surface area contributed by atoms with Gasteiger partial charge in [-0.25, -0.2) is 8.42 Å². The molecule has 0 saturated carbocycles. The quantitative estimate of drug-likeness (QED) is 0.412. The van der Waals surface area contributed by atoms with Crippen molar-refractivity contribution in [3.05, 3.63) is 104 Å². The SMILES string of the molecule is CS(=O)(=O)c1ccc(Cc2cc(C#CCc3cccc(Cl)c3)c3sccn3c2=O)cc1. The molecule has 4 rings (SSSR count). The lowest BCUT2D eigenvalue weighted by Gasteiger charge is -2.06. The van der Waals surface area contributed by atoms with Crippen molar-refractivity contribution in [1.82, 2.24) is 4.40 Å². The Balaban J connectivity index is 1.67. The maximum atomic E-state index is 12.9. The largest absolute Gasteiger partial charge is 0.273 e. The van der Waals surface area contributed by atoms with Gasteiger partial charge in [-0.3, -0.25) is 9.20 Å². The Kier molecular flexibility index (Phi) is 6.01. The summed E-state index contributed by atoms with van der Waals surface area (Å²) < 4.78 is 24.9. The molecule has 0 N–H and O–H groups in total. The van der Waals surface area contributed by atoms with Gasteiger partial charge in [0.15, 0.2) is 9.84 Å². The number of hydrogen-bond acceptors (Lipinski definition) is 4. The molecule has 156 valence electrons. The Morgan fingerprint density at radius 3 is 2.55 bits per heavy atom. The van der Waals surface area contributed by atoms with Gasteiger partial charge in [0.2, 0.25) is 0 Å². The molecule has 0 unspecified atom stereocenters. The van der Waals surface area contributed by atoms with Crippen molar-refractivity contribution in [1.29, 1.82) is 0 Å². The maximum absolute atomic E-state index is 12.9. The van der Waals surface area contributed by atoms with E-state index in [2.05, 4.69) is 11.8 Å². The first-order valence-electron chi connectivity index (χ1n) is 9.45. The summed E-state index contributed by atoms with van der Waals surface area (Å²) >= 11 is 7.51. The van der Waals surface area contributed by atoms with Crippen molar-refractivity contribution in [2.75, 3.05) is 6.26 Å². The highest BCUT2D eigenvalue weighted by atomic mass is 35.5. The van der Waals surface area contributed by atoms with Crippen LogP contribution in [0.1, 0.15) is 22.3 Å². The minimum absolute atomic E-state index is 0.0937. The molecule has 2 heterocycles. The molecule has 0 radical (unpaired) electrons. The van der Waals surface area contributed by atoms with E-state index in [9.17, 15) is 13.2 Å². The third-order valence-electron chi connectivity index (χ3n) is 4.80. The Bertz CT molecular complexity index is 1490. The molecule has 2 aromatic heterocycles. The van der Waals surface area contributed by atoms with E-state index in [0.29, 0.717) is 23.4 Å². The van der Waals surface area contributed by atoms with E-state index in [-0.39, 0.29) is 10.5 Å². The van der Waals surface area contributed by atoms with Gasteiger partial charge in [0, 0.05) is 41.3 Å². The molecule has 4 aromatic rings. The van der Waals surface area contributed by atoms with Gasteiger partial charge >= 0.3 is 0 Å². The maximum Gasteiger partial charge on any atom is 0.259 e. The van der Waals surface area contributed by atoms with Crippen LogP contribution < -0.4 is 5.56 Å². The van der Waals surface area contributed by atoms with Crippen LogP contribution >= 0.6 is 22.9 Å². The lowest BCUT2D eigenvalue weighted by Crippen LogP contribution is -2.17. The molecule has 0 bridgehead atoms. The van der Waals surface area contributed by atoms with Crippen LogP contribution in [0.4, 0.5) is 0 Å². The first-order valence-corrected chi connectivity index (χ1v) is 12.6. The Labute approximate surface area is 189 Å². The van der Waals surface area contributed by atoms with Gasteiger partial charge in [-0.05, 0) is 41.5 Å². The summed E-state index contributed by atoms with van der Waals surface area (Å²) in [5, 5.41) is 2.54. The summed E-state index contributed by atoms with van der Waals surface area (Å²) in [4.78, 5) is 14.0. The van der Waals surface area contributed by atoms with Gasteiger partial charge in [0.25, 0.3) is 5.56 Å². The third kappa shape index (κ3) is 4.91. The highest BCUT2D eigenvalue weighted by Gasteiger charge is 2.11. The second-order valence-electron chi connectivity index (χ2n) is 7.17. The van der Waals surface area contributed by atoms with Gasteiger partial charge in [0.1, 0.15) is 4.83 Å². The van der Waals surface area contributed by atoms with Crippen LogP contribution in [0.25, 0.3) is 4.83 Å². The fourth-order valence-electron chi connectivity index (χ4n) is 3.26. The molecule has 0 spiro atoms. The topological polar surface area (TPSA) is 55.6 Å². The van der Waals surface area contributed by atoms with E-state index >= 15 is 0 Å². The van der Waals surface area contributed by atoms with Crippen LogP contribution in [0.5, 0.6) is 0 Å². The van der Waals surface area contributed by atoms with Crippen molar-refractivity contribution in [2.24, 2.45) is 0 Å². The second kappa shape index (κ2) is 8.72. The summed E-state index contributed by atoms with van der Waals surface area (Å²) in [6, 6.07) is 16.0. The van der Waals surface area contributed by atoms with Crippen molar-refractivity contribution in [3.63, 3.8) is 0 Å². The van der Waals surface area contributed by atoms with Crippen LogP contribution in [0.15, 0.2) is 75.9 Å². The lowest BCUT2D eigenvalue weighted by molar-refractivity contribution is 0.602. The number of thiazole rings is 1. The minimum Gasteiger partial charge on any atom is -0.273 e. The zero-order valence-corrected chi connectivity index (χ0v) is 19.0. The Morgan fingerprint density at radius 1 is 1.06 bits per heavy atom. The molecule has 2 aromatic carbocycles. The molecule has 0 fully saturated rings. The first kappa shape index (κ1) is 21.4. The fraction of sp³-hybridized carbons (Fsp3) is 0.125. The molecule has 0 amide bonds. The number of benzene rings is 2. The average Bonchev–Trinajstić information content (AvgIpc) is 3.21. The number of hydrogen-bond donors (Lipinski definition) is 0. The Morgan fingerprint density at radius 2 is 1.84 bits per heavy atom. The standard InChI is InChI=1S/C24H18ClNO3S2/c1-31(28,29)22-10-8-18(9-11-22)14-20-16-19(24-26(23(20)27)12-13-30-24)6-2-4-17-5-3-7-21(25)15-17/h3,5,7-13,15-16H,4,14H2,1H3. The van der Waals surface area contributed by atoms with Crippen LogP contribution in [0.3, 0.4) is 0 Å². The van der Waals surface area contributed by atoms with E-state index in [1.807, 2.05) is 35.7 Å². The molecule has 31 heavy (non-hydrogen) atoms. The van der Waals surface area contributed by atoms with Gasteiger partial charge < -0.3 is 0 Å². The first-order chi connectivity index (χ1) is 14.8. The smallest absolute Gasteiger partial charge is 0.259 e. The minimum atomic E-state index is -3.26. The highest BCUT2D eigenvalue weighted by molar-refractivity contribution is 7.90. The number of sulfone groups is 1. The molecule has 0 aliphatic rings. The predicted octanol–water partition coefficient (Wildman–Crippen LogP) is 4.60. The third-order valence-corrected chi connectivity index (χ3v) is 7.06. The predicted molar refractivity (Wildman–Crippen MR) is 126 cm³/mol. The van der Waals surface area contributed by atoms with Gasteiger partial charge in [-0.15, -0.1) is 11.3 Å². The number of fused-ring (bicyclic) bond motifs is 1. The number of pyridine rings is 1. The number of halogens is 1. The van der Waals surface area contributed by atoms with Gasteiger partial charge in [-0.2, -0.15) is 0 Å². The number of nitrogens with zero attached hydrogens (tertiary/aromatic N) is 1. The van der Waals surface area contributed by atoms with E-state index in [0.717, 1.165) is 21.5 Å². The molecular weight excluding hydrogens is 450 g/mol. The zero-order valence-electron chi connectivity index (χ0n) is 16.6. The van der Waals surface area contributed by atoms with Crippen molar-refractivity contribution in [3.8, 4) is 11.8 Å². The normalized spacial score (nSPS) is 11.3. The molecular formula is C24H18ClNO3S2. The fourth-order valence-corrected chi connectivity index (χ4v) is 4.91. The molecule has 7 heteroatoms.